The molecule has 2 aliphatic rings. The summed E-state index contributed by atoms with van der Waals surface area (Å²) in [6.45, 7) is 6.63. The third kappa shape index (κ3) is 5.95. The molecule has 2 fully saturated rings. The molecule has 8 heteroatoms. The number of hydrogen-bond acceptors (Lipinski definition) is 5. The summed E-state index contributed by atoms with van der Waals surface area (Å²) in [5.74, 6) is 1.57. The molecule has 1 unspecified atom stereocenters. The van der Waals surface area contributed by atoms with E-state index in [2.05, 4.69) is 42.5 Å². The molecule has 0 amide bonds. The summed E-state index contributed by atoms with van der Waals surface area (Å²) >= 11 is 0. The van der Waals surface area contributed by atoms with Crippen molar-refractivity contribution in [3.05, 3.63) is 59.5 Å². The number of aliphatic imine (C=N–C) groups is 1. The van der Waals surface area contributed by atoms with Gasteiger partial charge in [-0.3, -0.25) is 9.89 Å². The predicted octanol–water partition coefficient (Wildman–Crippen LogP) is 2.56. The minimum Gasteiger partial charge on any atom is -0.379 e. The monoisotopic (exact) mass is 440 g/mol. The molecule has 2 aromatic rings. The van der Waals surface area contributed by atoms with E-state index in [1.165, 1.54) is 25.0 Å². The van der Waals surface area contributed by atoms with Crippen molar-refractivity contribution >= 4 is 11.8 Å². The number of benzene rings is 1. The van der Waals surface area contributed by atoms with E-state index in [-0.39, 0.29) is 11.9 Å². The molecule has 0 radical (unpaired) electrons. The summed E-state index contributed by atoms with van der Waals surface area (Å²) in [7, 11) is 1.77. The maximum Gasteiger partial charge on any atom is 0.191 e. The van der Waals surface area contributed by atoms with Crippen molar-refractivity contribution in [1.82, 2.24) is 20.5 Å². The Morgan fingerprint density at radius 3 is 2.47 bits per heavy atom. The quantitative estimate of drug-likeness (QED) is 0.510. The van der Waals surface area contributed by atoms with Crippen molar-refractivity contribution in [1.29, 1.82) is 0 Å². The van der Waals surface area contributed by atoms with Crippen LogP contribution in [0.25, 0.3) is 0 Å². The minimum atomic E-state index is -0.218. The molecule has 2 N–H and O–H groups in total. The van der Waals surface area contributed by atoms with Gasteiger partial charge >= 0.3 is 0 Å². The predicted molar refractivity (Wildman–Crippen MR) is 125 cm³/mol. The number of nitrogens with one attached hydrogen (secondary N) is 2. The summed E-state index contributed by atoms with van der Waals surface area (Å²) in [5.41, 5.74) is 2.19. The zero-order valence-electron chi connectivity index (χ0n) is 18.8. The lowest BCUT2D eigenvalue weighted by atomic mass is 10.0. The van der Waals surface area contributed by atoms with E-state index in [9.17, 15) is 4.39 Å². The van der Waals surface area contributed by atoms with Gasteiger partial charge in [0.05, 0.1) is 19.3 Å². The lowest BCUT2D eigenvalue weighted by Gasteiger charge is -2.35. The normalized spacial score (nSPS) is 18.6. The fourth-order valence-corrected chi connectivity index (χ4v) is 4.29. The average Bonchev–Trinajstić information content (AvgIpc) is 3.38. The maximum atomic E-state index is 13.4. The van der Waals surface area contributed by atoms with Gasteiger partial charge in [-0.05, 0) is 42.2 Å². The molecule has 0 spiro atoms. The number of hydrogen-bond donors (Lipinski definition) is 2. The fourth-order valence-electron chi connectivity index (χ4n) is 4.29. The first-order valence-corrected chi connectivity index (χ1v) is 11.4. The van der Waals surface area contributed by atoms with E-state index in [1.54, 1.807) is 7.05 Å². The fraction of sp³-hybridized carbons (Fsp3) is 0.500. The van der Waals surface area contributed by atoms with Crippen molar-refractivity contribution < 1.29 is 9.13 Å². The van der Waals surface area contributed by atoms with Crippen molar-refractivity contribution in [3.8, 4) is 0 Å². The lowest BCUT2D eigenvalue weighted by Crippen LogP contribution is -2.46. The van der Waals surface area contributed by atoms with Crippen LogP contribution < -0.4 is 15.5 Å². The van der Waals surface area contributed by atoms with E-state index in [4.69, 9.17) is 4.74 Å². The number of rotatable bonds is 7. The largest absolute Gasteiger partial charge is 0.379 e. The van der Waals surface area contributed by atoms with Gasteiger partial charge in [-0.2, -0.15) is 0 Å². The molecule has 0 bridgehead atoms. The van der Waals surface area contributed by atoms with Crippen LogP contribution in [0.2, 0.25) is 0 Å². The second-order valence-electron chi connectivity index (χ2n) is 8.24. The Kier molecular flexibility index (Phi) is 7.90. The molecule has 32 heavy (non-hydrogen) atoms. The second-order valence-corrected chi connectivity index (χ2v) is 8.24. The van der Waals surface area contributed by atoms with Crippen molar-refractivity contribution in [2.45, 2.75) is 25.4 Å². The Morgan fingerprint density at radius 2 is 1.81 bits per heavy atom. The number of ether oxygens (including phenoxy) is 1. The molecule has 0 saturated carbocycles. The molecule has 0 aliphatic carbocycles. The smallest absolute Gasteiger partial charge is 0.191 e. The van der Waals surface area contributed by atoms with Gasteiger partial charge in [-0.25, -0.2) is 9.37 Å². The summed E-state index contributed by atoms with van der Waals surface area (Å²) in [4.78, 5) is 13.7. The molecule has 1 aromatic heterocycles. The van der Waals surface area contributed by atoms with Crippen molar-refractivity contribution in [3.63, 3.8) is 0 Å². The highest BCUT2D eigenvalue weighted by Gasteiger charge is 2.23. The third-order valence-corrected chi connectivity index (χ3v) is 6.13. The highest BCUT2D eigenvalue weighted by Crippen LogP contribution is 2.22. The van der Waals surface area contributed by atoms with Gasteiger partial charge in [-0.15, -0.1) is 0 Å². The molecule has 1 atom stereocenters. The number of aromatic nitrogens is 1. The zero-order valence-corrected chi connectivity index (χ0v) is 18.8. The van der Waals surface area contributed by atoms with Crippen molar-refractivity contribution in [2.24, 2.45) is 4.99 Å². The van der Waals surface area contributed by atoms with Crippen LogP contribution in [0.3, 0.4) is 0 Å². The van der Waals surface area contributed by atoms with Crippen LogP contribution >= 0.6 is 0 Å². The Hall–Kier alpha value is -2.71. The van der Waals surface area contributed by atoms with Gasteiger partial charge in [0.1, 0.15) is 11.6 Å². The minimum absolute atomic E-state index is 0.111. The summed E-state index contributed by atoms with van der Waals surface area (Å²) in [6.07, 6.45) is 4.43. The highest BCUT2D eigenvalue weighted by atomic mass is 19.1. The topological polar surface area (TPSA) is 65.0 Å². The number of anilines is 1. The first-order chi connectivity index (χ1) is 15.7. The first kappa shape index (κ1) is 22.5. The second kappa shape index (κ2) is 11.2. The van der Waals surface area contributed by atoms with E-state index in [0.717, 1.165) is 49.1 Å². The SMILES string of the molecule is CN=C(NCc1ccc(N2CCCC2)nc1)NCC(c1ccc(F)cc1)N1CCOCC1. The van der Waals surface area contributed by atoms with Crippen LogP contribution in [-0.4, -0.2) is 68.8 Å². The lowest BCUT2D eigenvalue weighted by molar-refractivity contribution is 0.0170. The standard InChI is InChI=1S/C24H33FN6O/c1-26-24(28-17-19-4-9-23(27-16-19)31-10-2-3-11-31)29-18-22(30-12-14-32-15-13-30)20-5-7-21(25)8-6-20/h4-9,16,22H,2-3,10-15,17-18H2,1H3,(H2,26,28,29). The van der Waals surface area contributed by atoms with Crippen LogP contribution in [0.1, 0.15) is 30.0 Å². The van der Waals surface area contributed by atoms with Crippen LogP contribution in [0.5, 0.6) is 0 Å². The van der Waals surface area contributed by atoms with Gasteiger partial charge in [0.15, 0.2) is 5.96 Å². The van der Waals surface area contributed by atoms with Gasteiger partial charge in [-0.1, -0.05) is 18.2 Å². The van der Waals surface area contributed by atoms with Crippen molar-refractivity contribution in [2.75, 3.05) is 57.9 Å². The molecule has 3 heterocycles. The Balaban J connectivity index is 1.33. The Bertz CT molecular complexity index is 861. The van der Waals surface area contributed by atoms with Crippen LogP contribution in [0.15, 0.2) is 47.6 Å². The van der Waals surface area contributed by atoms with Gasteiger partial charge < -0.3 is 20.3 Å². The highest BCUT2D eigenvalue weighted by molar-refractivity contribution is 5.79. The molecule has 1 aromatic carbocycles. The van der Waals surface area contributed by atoms with Gasteiger partial charge in [0.25, 0.3) is 0 Å². The number of pyridine rings is 1. The molecule has 4 rings (SSSR count). The molecular formula is C24H33FN6O. The maximum absolute atomic E-state index is 13.4. The van der Waals surface area contributed by atoms with Crippen LogP contribution in [0, 0.1) is 5.82 Å². The Morgan fingerprint density at radius 1 is 1.06 bits per heavy atom. The van der Waals surface area contributed by atoms with Crippen LogP contribution in [0.4, 0.5) is 10.2 Å². The number of guanidine groups is 1. The van der Waals surface area contributed by atoms with Gasteiger partial charge in [0.2, 0.25) is 0 Å². The third-order valence-electron chi connectivity index (χ3n) is 6.13. The zero-order chi connectivity index (χ0) is 22.2. The molecule has 7 nitrogen and oxygen atoms in total. The summed E-state index contributed by atoms with van der Waals surface area (Å²) < 4.78 is 19.0. The van der Waals surface area contributed by atoms with Crippen LogP contribution in [-0.2, 0) is 11.3 Å². The number of morpholine rings is 1. The summed E-state index contributed by atoms with van der Waals surface area (Å²) in [6, 6.07) is 11.1. The van der Waals surface area contributed by atoms with E-state index >= 15 is 0 Å². The average molecular weight is 441 g/mol. The molecule has 172 valence electrons. The Labute approximate surface area is 189 Å². The molecule has 2 saturated heterocycles. The molecule has 2 aliphatic heterocycles. The summed E-state index contributed by atoms with van der Waals surface area (Å²) in [5, 5.41) is 6.82. The van der Waals surface area contributed by atoms with Gasteiger partial charge in [0, 0.05) is 52.5 Å². The number of nitrogens with zero attached hydrogens (tertiary/aromatic N) is 4. The van der Waals surface area contributed by atoms with E-state index in [1.807, 2.05) is 18.3 Å². The van der Waals surface area contributed by atoms with E-state index < -0.39 is 0 Å². The molecular weight excluding hydrogens is 407 g/mol. The first-order valence-electron chi connectivity index (χ1n) is 11.4. The van der Waals surface area contributed by atoms with E-state index in [0.29, 0.717) is 26.3 Å². The number of halogens is 1.